The quantitative estimate of drug-likeness (QED) is 0.396. The molecule has 0 radical (unpaired) electrons. The third-order valence-corrected chi connectivity index (χ3v) is 5.98. The summed E-state index contributed by atoms with van der Waals surface area (Å²) in [7, 11) is 0.458. The fourth-order valence-electron chi connectivity index (χ4n) is 2.86. The van der Waals surface area contributed by atoms with Crippen LogP contribution in [-0.4, -0.2) is 53.8 Å². The third-order valence-electron chi connectivity index (χ3n) is 4.58. The molecule has 0 saturated carbocycles. The summed E-state index contributed by atoms with van der Waals surface area (Å²) in [5.74, 6) is 1.03. The van der Waals surface area contributed by atoms with Crippen molar-refractivity contribution in [3.8, 4) is 23.1 Å². The molecule has 3 rings (SSSR count). The number of carbonyl (C=O) groups is 1. The first-order chi connectivity index (χ1) is 16.4. The molecule has 0 fully saturated rings. The van der Waals surface area contributed by atoms with Gasteiger partial charge in [-0.2, -0.15) is 0 Å². The highest BCUT2D eigenvalue weighted by Gasteiger charge is 2.21. The number of sulfonamides is 1. The topological polar surface area (TPSA) is 125 Å². The first kappa shape index (κ1) is 24.8. The van der Waals surface area contributed by atoms with Gasteiger partial charge in [-0.25, -0.2) is 13.4 Å². The normalized spacial score (nSPS) is 10.9. The van der Waals surface area contributed by atoms with Crippen LogP contribution < -0.4 is 24.2 Å². The number of nitrogens with zero attached hydrogens (tertiary/aromatic N) is 1. The fourth-order valence-corrected chi connectivity index (χ4v) is 4.10. The van der Waals surface area contributed by atoms with Crippen molar-refractivity contribution in [3.63, 3.8) is 0 Å². The van der Waals surface area contributed by atoms with Crippen LogP contribution in [0, 0.1) is 0 Å². The second-order valence-electron chi connectivity index (χ2n) is 6.88. The average molecular weight is 488 g/mol. The van der Waals surface area contributed by atoms with Gasteiger partial charge in [0.15, 0.2) is 0 Å². The summed E-state index contributed by atoms with van der Waals surface area (Å²) in [6.45, 7) is 0.813. The van der Waals surface area contributed by atoms with Crippen molar-refractivity contribution in [2.75, 3.05) is 39.2 Å². The Morgan fingerprint density at radius 2 is 1.68 bits per heavy atom. The molecular formula is C23H25N3O7S. The Bertz CT molecular complexity index is 1210. The number of carbonyl (C=O) groups excluding carboxylic acids is 1. The van der Waals surface area contributed by atoms with Crippen LogP contribution in [0.1, 0.15) is 10.4 Å². The molecule has 0 aliphatic carbocycles. The third kappa shape index (κ3) is 6.36. The molecule has 0 spiro atoms. The summed E-state index contributed by atoms with van der Waals surface area (Å²) in [5, 5.41) is 2.70. The van der Waals surface area contributed by atoms with Crippen molar-refractivity contribution in [1.29, 1.82) is 0 Å². The maximum Gasteiger partial charge on any atom is 0.265 e. The van der Waals surface area contributed by atoms with Gasteiger partial charge in [0.2, 0.25) is 5.88 Å². The van der Waals surface area contributed by atoms with E-state index >= 15 is 0 Å². The van der Waals surface area contributed by atoms with E-state index in [1.807, 2.05) is 0 Å². The van der Waals surface area contributed by atoms with Gasteiger partial charge < -0.3 is 24.3 Å². The lowest BCUT2D eigenvalue weighted by atomic mass is 10.2. The van der Waals surface area contributed by atoms with Gasteiger partial charge in [0.25, 0.3) is 15.9 Å². The van der Waals surface area contributed by atoms with Crippen molar-refractivity contribution in [3.05, 3.63) is 66.4 Å². The molecule has 2 N–H and O–H groups in total. The van der Waals surface area contributed by atoms with Crippen LogP contribution in [0.15, 0.2) is 65.7 Å². The summed E-state index contributed by atoms with van der Waals surface area (Å²) in [5.41, 5.74) is 0.717. The molecule has 180 valence electrons. The Hall–Kier alpha value is -3.83. The van der Waals surface area contributed by atoms with Gasteiger partial charge in [-0.05, 0) is 42.5 Å². The number of amides is 1. The fraction of sp³-hybridized carbons (Fsp3) is 0.217. The number of nitrogens with one attached hydrogen (secondary N) is 2. The summed E-state index contributed by atoms with van der Waals surface area (Å²) < 4.78 is 49.1. The Morgan fingerprint density at radius 1 is 0.941 bits per heavy atom. The lowest BCUT2D eigenvalue weighted by Crippen LogP contribution is -2.26. The molecular weight excluding hydrogens is 462 g/mol. The van der Waals surface area contributed by atoms with E-state index in [-0.39, 0.29) is 22.4 Å². The van der Waals surface area contributed by atoms with E-state index in [0.717, 1.165) is 0 Å². The molecule has 1 aromatic heterocycles. The van der Waals surface area contributed by atoms with E-state index in [9.17, 15) is 13.2 Å². The first-order valence-electron chi connectivity index (χ1n) is 10.1. The van der Waals surface area contributed by atoms with E-state index in [1.165, 1.54) is 32.5 Å². The van der Waals surface area contributed by atoms with Gasteiger partial charge in [-0.15, -0.1) is 0 Å². The smallest absolute Gasteiger partial charge is 0.265 e. The van der Waals surface area contributed by atoms with E-state index in [1.54, 1.807) is 49.6 Å². The van der Waals surface area contributed by atoms with Crippen LogP contribution in [0.25, 0.3) is 0 Å². The van der Waals surface area contributed by atoms with Crippen molar-refractivity contribution < 1.29 is 32.2 Å². The largest absolute Gasteiger partial charge is 0.497 e. The second kappa shape index (κ2) is 11.3. The van der Waals surface area contributed by atoms with E-state index in [4.69, 9.17) is 18.9 Å². The van der Waals surface area contributed by atoms with Crippen LogP contribution in [0.5, 0.6) is 23.1 Å². The highest BCUT2D eigenvalue weighted by Crippen LogP contribution is 2.30. The molecule has 1 amide bonds. The second-order valence-corrected chi connectivity index (χ2v) is 8.53. The van der Waals surface area contributed by atoms with Gasteiger partial charge in [0, 0.05) is 37.7 Å². The summed E-state index contributed by atoms with van der Waals surface area (Å²) >= 11 is 0. The number of pyridine rings is 1. The zero-order chi connectivity index (χ0) is 24.6. The number of benzene rings is 2. The van der Waals surface area contributed by atoms with Crippen molar-refractivity contribution >= 4 is 21.6 Å². The summed E-state index contributed by atoms with van der Waals surface area (Å²) in [6.07, 6.45) is 1.40. The highest BCUT2D eigenvalue weighted by atomic mass is 32.2. The predicted octanol–water partition coefficient (Wildman–Crippen LogP) is 3.07. The molecule has 2 aromatic carbocycles. The van der Waals surface area contributed by atoms with Gasteiger partial charge in [0.1, 0.15) is 22.1 Å². The SMILES string of the molecule is COCCNC(=O)c1ccc(Oc2ccc(NS(=O)(=O)c3cc(OC)ccc3OC)cc2)nc1. The Labute approximate surface area is 197 Å². The monoisotopic (exact) mass is 487 g/mol. The van der Waals surface area contributed by atoms with Gasteiger partial charge >= 0.3 is 0 Å². The summed E-state index contributed by atoms with van der Waals surface area (Å²) in [6, 6.07) is 14.0. The standard InChI is InChI=1S/C23H25N3O7S/c1-30-13-12-24-23(27)16-4-11-22(25-15-16)33-18-7-5-17(6-8-18)26-34(28,29)21-14-19(31-2)9-10-20(21)32-3/h4-11,14-15,26H,12-13H2,1-3H3,(H,24,27). The number of hydrogen-bond donors (Lipinski definition) is 2. The molecule has 3 aromatic rings. The molecule has 34 heavy (non-hydrogen) atoms. The Morgan fingerprint density at radius 3 is 2.29 bits per heavy atom. The maximum atomic E-state index is 12.9. The number of anilines is 1. The molecule has 0 atom stereocenters. The lowest BCUT2D eigenvalue weighted by Gasteiger charge is -2.13. The van der Waals surface area contributed by atoms with Gasteiger partial charge in [-0.3, -0.25) is 9.52 Å². The van der Waals surface area contributed by atoms with Crippen LogP contribution in [0.4, 0.5) is 5.69 Å². The Balaban J connectivity index is 1.66. The molecule has 0 unspecified atom stereocenters. The number of ether oxygens (including phenoxy) is 4. The average Bonchev–Trinajstić information content (AvgIpc) is 2.85. The minimum absolute atomic E-state index is 0.0507. The van der Waals surface area contributed by atoms with E-state index in [2.05, 4.69) is 15.0 Å². The molecule has 0 bridgehead atoms. The minimum atomic E-state index is -3.94. The lowest BCUT2D eigenvalue weighted by molar-refractivity contribution is 0.0936. The highest BCUT2D eigenvalue weighted by molar-refractivity contribution is 7.92. The zero-order valence-electron chi connectivity index (χ0n) is 18.9. The molecule has 0 saturated heterocycles. The van der Waals surface area contributed by atoms with Crippen molar-refractivity contribution in [1.82, 2.24) is 10.3 Å². The number of rotatable bonds is 11. The Kier molecular flexibility index (Phi) is 8.28. The van der Waals surface area contributed by atoms with Crippen LogP contribution in [-0.2, 0) is 14.8 Å². The first-order valence-corrected chi connectivity index (χ1v) is 11.6. The van der Waals surface area contributed by atoms with Gasteiger partial charge in [0.05, 0.1) is 26.4 Å². The molecule has 0 aliphatic heterocycles. The van der Waals surface area contributed by atoms with Crippen LogP contribution in [0.3, 0.4) is 0 Å². The number of aromatic nitrogens is 1. The van der Waals surface area contributed by atoms with Crippen molar-refractivity contribution in [2.45, 2.75) is 4.90 Å². The van der Waals surface area contributed by atoms with Crippen LogP contribution >= 0.6 is 0 Å². The zero-order valence-corrected chi connectivity index (χ0v) is 19.7. The van der Waals surface area contributed by atoms with Crippen LogP contribution in [0.2, 0.25) is 0 Å². The van der Waals surface area contributed by atoms with E-state index < -0.39 is 10.0 Å². The van der Waals surface area contributed by atoms with E-state index in [0.29, 0.717) is 35.9 Å². The minimum Gasteiger partial charge on any atom is -0.497 e. The molecule has 11 heteroatoms. The molecule has 10 nitrogen and oxygen atoms in total. The molecule has 1 heterocycles. The summed E-state index contributed by atoms with van der Waals surface area (Å²) in [4.78, 5) is 16.1. The van der Waals surface area contributed by atoms with Gasteiger partial charge in [-0.1, -0.05) is 0 Å². The molecule has 0 aliphatic rings. The number of hydrogen-bond acceptors (Lipinski definition) is 8. The predicted molar refractivity (Wildman–Crippen MR) is 125 cm³/mol. The van der Waals surface area contributed by atoms with Crippen molar-refractivity contribution in [2.24, 2.45) is 0 Å². The maximum absolute atomic E-state index is 12.9. The number of methoxy groups -OCH3 is 3.